The average Bonchev–Trinajstić information content (AvgIpc) is 2.16. The number of aromatic nitrogens is 1. The predicted octanol–water partition coefficient (Wildman–Crippen LogP) is 1.43. The van der Waals surface area contributed by atoms with Crippen molar-refractivity contribution in [2.45, 2.75) is 12.7 Å². The van der Waals surface area contributed by atoms with E-state index in [1.165, 1.54) is 12.1 Å². The normalized spacial score (nSPS) is 11.4. The Bertz CT molecular complexity index is 362. The molecule has 0 unspecified atom stereocenters. The van der Waals surface area contributed by atoms with Gasteiger partial charge >= 0.3 is 12.1 Å². The molecule has 0 atom stereocenters. The fraction of sp³-hybridized carbons (Fsp3) is 0.333. The molecule has 7 heteroatoms. The highest BCUT2D eigenvalue weighted by Crippen LogP contribution is 2.12. The van der Waals surface area contributed by atoms with Crippen molar-refractivity contribution >= 4 is 5.97 Å². The second-order valence-corrected chi connectivity index (χ2v) is 3.06. The van der Waals surface area contributed by atoms with E-state index < -0.39 is 18.7 Å². The average molecular weight is 234 g/mol. The highest BCUT2D eigenvalue weighted by atomic mass is 19.4. The molecule has 0 saturated heterocycles. The van der Waals surface area contributed by atoms with Gasteiger partial charge in [-0.3, -0.25) is 4.98 Å². The first-order valence-corrected chi connectivity index (χ1v) is 4.34. The van der Waals surface area contributed by atoms with Gasteiger partial charge in [-0.15, -0.1) is 0 Å². The van der Waals surface area contributed by atoms with Crippen LogP contribution in [0.1, 0.15) is 16.1 Å². The lowest BCUT2D eigenvalue weighted by molar-refractivity contribution is -0.125. The summed E-state index contributed by atoms with van der Waals surface area (Å²) in [5.41, 5.74) is 0.355. The number of hydrogen-bond acceptors (Lipinski definition) is 3. The fourth-order valence-corrected chi connectivity index (χ4v) is 0.988. The van der Waals surface area contributed by atoms with E-state index in [-0.39, 0.29) is 12.1 Å². The van der Waals surface area contributed by atoms with Crippen molar-refractivity contribution in [2.24, 2.45) is 0 Å². The van der Waals surface area contributed by atoms with Crippen molar-refractivity contribution in [3.63, 3.8) is 0 Å². The zero-order chi connectivity index (χ0) is 12.2. The molecule has 0 fully saturated rings. The maximum absolute atomic E-state index is 11.8. The van der Waals surface area contributed by atoms with Crippen LogP contribution in [0.2, 0.25) is 0 Å². The molecule has 1 aromatic rings. The minimum absolute atomic E-state index is 0.000397. The molecule has 16 heavy (non-hydrogen) atoms. The number of hydrogen-bond donors (Lipinski definition) is 2. The molecule has 1 rings (SSSR count). The first-order chi connectivity index (χ1) is 7.38. The molecule has 1 aromatic heterocycles. The molecular formula is C9H9F3N2O2. The third-order valence-corrected chi connectivity index (χ3v) is 1.70. The molecule has 0 aliphatic heterocycles. The lowest BCUT2D eigenvalue weighted by Gasteiger charge is -2.07. The van der Waals surface area contributed by atoms with E-state index in [0.29, 0.717) is 5.69 Å². The second-order valence-electron chi connectivity index (χ2n) is 3.06. The summed E-state index contributed by atoms with van der Waals surface area (Å²) >= 11 is 0. The smallest absolute Gasteiger partial charge is 0.401 e. The second kappa shape index (κ2) is 4.93. The first-order valence-electron chi connectivity index (χ1n) is 4.34. The Morgan fingerprint density at radius 1 is 1.44 bits per heavy atom. The van der Waals surface area contributed by atoms with Crippen molar-refractivity contribution in [3.8, 4) is 0 Å². The van der Waals surface area contributed by atoms with Crippen LogP contribution in [0, 0.1) is 0 Å². The Morgan fingerprint density at radius 3 is 2.56 bits per heavy atom. The number of alkyl halides is 3. The Morgan fingerprint density at radius 2 is 2.12 bits per heavy atom. The summed E-state index contributed by atoms with van der Waals surface area (Å²) in [6.45, 7) is -1.16. The van der Waals surface area contributed by atoms with Gasteiger partial charge < -0.3 is 10.4 Å². The van der Waals surface area contributed by atoms with Crippen LogP contribution in [0.4, 0.5) is 13.2 Å². The Kier molecular flexibility index (Phi) is 3.83. The molecule has 2 N–H and O–H groups in total. The minimum Gasteiger partial charge on any atom is -0.478 e. The van der Waals surface area contributed by atoms with Gasteiger partial charge in [0, 0.05) is 12.7 Å². The molecule has 4 nitrogen and oxygen atoms in total. The number of nitrogens with one attached hydrogen (secondary N) is 1. The number of carboxylic acids is 1. The number of rotatable bonds is 4. The monoisotopic (exact) mass is 234 g/mol. The van der Waals surface area contributed by atoms with Gasteiger partial charge in [0.2, 0.25) is 0 Å². The quantitative estimate of drug-likeness (QED) is 0.827. The van der Waals surface area contributed by atoms with Crippen LogP contribution >= 0.6 is 0 Å². The standard InChI is InChI=1S/C9H9F3N2O2/c10-9(11,12)5-13-4-7-2-1-6(3-14-7)8(15)16/h1-3,13H,4-5H2,(H,15,16). The summed E-state index contributed by atoms with van der Waals surface area (Å²) in [6.07, 6.45) is -3.16. The van der Waals surface area contributed by atoms with E-state index in [0.717, 1.165) is 6.20 Å². The van der Waals surface area contributed by atoms with Crippen LogP contribution in [0.15, 0.2) is 18.3 Å². The molecule has 0 radical (unpaired) electrons. The Hall–Kier alpha value is -1.63. The minimum atomic E-state index is -4.26. The van der Waals surface area contributed by atoms with E-state index in [9.17, 15) is 18.0 Å². The molecular weight excluding hydrogens is 225 g/mol. The molecule has 0 aliphatic carbocycles. The Balaban J connectivity index is 2.47. The van der Waals surface area contributed by atoms with Gasteiger partial charge in [-0.25, -0.2) is 4.79 Å². The maximum atomic E-state index is 11.8. The van der Waals surface area contributed by atoms with Gasteiger partial charge in [0.15, 0.2) is 0 Å². The lowest BCUT2D eigenvalue weighted by atomic mass is 10.2. The number of pyridine rings is 1. The van der Waals surface area contributed by atoms with Gasteiger partial charge in [-0.05, 0) is 12.1 Å². The molecule has 1 heterocycles. The van der Waals surface area contributed by atoms with Crippen molar-refractivity contribution < 1.29 is 23.1 Å². The van der Waals surface area contributed by atoms with Gasteiger partial charge in [-0.2, -0.15) is 13.2 Å². The molecule has 0 aliphatic rings. The van der Waals surface area contributed by atoms with Crippen molar-refractivity contribution in [2.75, 3.05) is 6.54 Å². The number of carbonyl (C=O) groups is 1. The molecule has 0 amide bonds. The zero-order valence-corrected chi connectivity index (χ0v) is 8.08. The van der Waals surface area contributed by atoms with Crippen molar-refractivity contribution in [1.82, 2.24) is 10.3 Å². The van der Waals surface area contributed by atoms with Gasteiger partial charge in [0.25, 0.3) is 0 Å². The summed E-state index contributed by atoms with van der Waals surface area (Å²) in [5.74, 6) is -1.12. The van der Waals surface area contributed by atoms with Crippen LogP contribution < -0.4 is 5.32 Å². The van der Waals surface area contributed by atoms with Gasteiger partial charge in [0.1, 0.15) is 0 Å². The lowest BCUT2D eigenvalue weighted by Crippen LogP contribution is -2.28. The summed E-state index contributed by atoms with van der Waals surface area (Å²) < 4.78 is 35.3. The molecule has 0 bridgehead atoms. The number of carboxylic acid groups (broad SMARTS) is 1. The SMILES string of the molecule is O=C(O)c1ccc(CNCC(F)(F)F)nc1. The summed E-state index contributed by atoms with van der Waals surface area (Å²) in [5, 5.41) is 10.7. The van der Waals surface area contributed by atoms with Crippen LogP contribution in [0.25, 0.3) is 0 Å². The Labute approximate surface area is 89.1 Å². The van der Waals surface area contributed by atoms with E-state index in [1.54, 1.807) is 0 Å². The van der Waals surface area contributed by atoms with Crippen LogP contribution in [0.5, 0.6) is 0 Å². The molecule has 0 saturated carbocycles. The molecule has 0 aromatic carbocycles. The summed E-state index contributed by atoms with van der Waals surface area (Å²) in [7, 11) is 0. The fourth-order valence-electron chi connectivity index (χ4n) is 0.988. The maximum Gasteiger partial charge on any atom is 0.401 e. The largest absolute Gasteiger partial charge is 0.478 e. The van der Waals surface area contributed by atoms with Crippen molar-refractivity contribution in [1.29, 1.82) is 0 Å². The van der Waals surface area contributed by atoms with Gasteiger partial charge in [0.05, 0.1) is 17.8 Å². The first kappa shape index (κ1) is 12.4. The number of halogens is 3. The third-order valence-electron chi connectivity index (χ3n) is 1.70. The van der Waals surface area contributed by atoms with Crippen molar-refractivity contribution in [3.05, 3.63) is 29.6 Å². The highest BCUT2D eigenvalue weighted by molar-refractivity contribution is 5.87. The summed E-state index contributed by atoms with van der Waals surface area (Å²) in [6, 6.07) is 2.66. The molecule has 88 valence electrons. The van der Waals surface area contributed by atoms with Crippen LogP contribution in [0.3, 0.4) is 0 Å². The van der Waals surface area contributed by atoms with E-state index in [1.807, 2.05) is 0 Å². The highest BCUT2D eigenvalue weighted by Gasteiger charge is 2.26. The van der Waals surface area contributed by atoms with E-state index in [2.05, 4.69) is 10.3 Å². The number of aromatic carboxylic acids is 1. The van der Waals surface area contributed by atoms with E-state index in [4.69, 9.17) is 5.11 Å². The van der Waals surface area contributed by atoms with E-state index >= 15 is 0 Å². The van der Waals surface area contributed by atoms with Crippen LogP contribution in [-0.4, -0.2) is 28.8 Å². The number of nitrogens with zero attached hydrogens (tertiary/aromatic N) is 1. The third kappa shape index (κ3) is 4.26. The molecule has 0 spiro atoms. The zero-order valence-electron chi connectivity index (χ0n) is 8.08. The summed E-state index contributed by atoms with van der Waals surface area (Å²) in [4.78, 5) is 14.2. The van der Waals surface area contributed by atoms with Gasteiger partial charge in [-0.1, -0.05) is 0 Å². The topological polar surface area (TPSA) is 62.2 Å². The predicted molar refractivity (Wildman–Crippen MR) is 49.0 cm³/mol. The van der Waals surface area contributed by atoms with Crippen LogP contribution in [-0.2, 0) is 6.54 Å².